The van der Waals surface area contributed by atoms with Gasteiger partial charge in [0.1, 0.15) is 11.6 Å². The van der Waals surface area contributed by atoms with Gasteiger partial charge in [-0.2, -0.15) is 17.6 Å². The van der Waals surface area contributed by atoms with Gasteiger partial charge in [0.15, 0.2) is 122 Å². The summed E-state index contributed by atoms with van der Waals surface area (Å²) < 4.78 is 424. The molecule has 0 unspecified atom stereocenters. The largest absolute Gasteiger partial charge is 0.302 e. The Labute approximate surface area is 353 Å². The maximum absolute atomic E-state index is 16.9. The molecular formula is C40BF27. The van der Waals surface area contributed by atoms with Crippen LogP contribution in [0.2, 0.25) is 0 Å². The predicted octanol–water partition coefficient (Wildman–Crippen LogP) is 11.9. The van der Waals surface area contributed by atoms with Gasteiger partial charge in [0.25, 0.3) is 6.71 Å². The lowest BCUT2D eigenvalue weighted by Crippen LogP contribution is -2.60. The number of benzene rings is 7. The van der Waals surface area contributed by atoms with Crippen LogP contribution in [0.5, 0.6) is 0 Å². The Morgan fingerprint density at radius 3 is 0.750 bits per heavy atom. The van der Waals surface area contributed by atoms with Crippen molar-refractivity contribution in [3.8, 4) is 22.3 Å². The number of halogens is 27. The Hall–Kier alpha value is -6.77. The van der Waals surface area contributed by atoms with E-state index < -0.39 is 235 Å². The van der Waals surface area contributed by atoms with E-state index in [-0.39, 0.29) is 0 Å². The van der Waals surface area contributed by atoms with E-state index in [2.05, 4.69) is 0 Å². The van der Waals surface area contributed by atoms with Crippen LogP contribution in [0.25, 0.3) is 43.8 Å². The monoisotopic (exact) mass is 1000 g/mol. The first-order valence-electron chi connectivity index (χ1n) is 17.5. The highest BCUT2D eigenvalue weighted by Gasteiger charge is 2.60. The first kappa shape index (κ1) is 46.3. The maximum Gasteiger partial charge on any atom is 0.302 e. The SMILES string of the molecule is Fc1c(F)c(F)c2c(c1F)-c1c(F)c(F)c(F)c(B(c3c(F)c(F)c(F)c4c3C(F)(F)c3c(F)c(F)c(F)c(F)c3-4)c3c(F)c(F)c(F)c4c(F)c5c(F)c(F)c(F)c(F)c5c(F)c34)c1C2(F)F. The number of hydrogen-bond acceptors (Lipinski definition) is 0. The molecule has 7 aromatic carbocycles. The summed E-state index contributed by atoms with van der Waals surface area (Å²) in [4.78, 5) is 0. The molecule has 0 radical (unpaired) electrons. The van der Waals surface area contributed by atoms with Gasteiger partial charge in [0.2, 0.25) is 0 Å². The minimum atomic E-state index is -6.27. The van der Waals surface area contributed by atoms with E-state index in [0.29, 0.717) is 0 Å². The zero-order valence-corrected chi connectivity index (χ0v) is 30.8. The van der Waals surface area contributed by atoms with E-state index >= 15 is 92.2 Å². The molecule has 28 heteroatoms. The van der Waals surface area contributed by atoms with E-state index in [4.69, 9.17) is 0 Å². The molecule has 0 fully saturated rings. The summed E-state index contributed by atoms with van der Waals surface area (Å²) in [5.41, 5.74) is -34.3. The number of alkyl halides is 4. The van der Waals surface area contributed by atoms with E-state index in [9.17, 15) is 26.3 Å². The van der Waals surface area contributed by atoms with Crippen molar-refractivity contribution in [3.05, 3.63) is 156 Å². The highest BCUT2D eigenvalue weighted by atomic mass is 19.3. The lowest BCUT2D eigenvalue weighted by Gasteiger charge is -2.28. The van der Waals surface area contributed by atoms with E-state index in [1.54, 1.807) is 0 Å². The fourth-order valence-corrected chi connectivity index (χ4v) is 8.70. The van der Waals surface area contributed by atoms with Gasteiger partial charge in [0.05, 0.1) is 27.3 Å². The highest BCUT2D eigenvalue weighted by Crippen LogP contribution is 2.57. The van der Waals surface area contributed by atoms with Crippen molar-refractivity contribution in [2.45, 2.75) is 11.8 Å². The fraction of sp³-hybridized carbons (Fsp3) is 0.0500. The van der Waals surface area contributed by atoms with Crippen molar-refractivity contribution in [3.63, 3.8) is 0 Å². The first-order valence-corrected chi connectivity index (χ1v) is 17.5. The van der Waals surface area contributed by atoms with Gasteiger partial charge in [0, 0.05) is 38.8 Å². The van der Waals surface area contributed by atoms with Gasteiger partial charge in [-0.05, 0) is 16.4 Å². The molecule has 2 aliphatic rings. The van der Waals surface area contributed by atoms with Gasteiger partial charge >= 0.3 is 11.8 Å². The van der Waals surface area contributed by atoms with Crippen molar-refractivity contribution < 1.29 is 119 Å². The minimum absolute atomic E-state index is 2.69. The van der Waals surface area contributed by atoms with Crippen LogP contribution >= 0.6 is 0 Å². The molecule has 0 saturated carbocycles. The fourth-order valence-electron chi connectivity index (χ4n) is 8.70. The molecule has 0 atom stereocenters. The van der Waals surface area contributed by atoms with Crippen LogP contribution in [0.4, 0.5) is 119 Å². The first-order chi connectivity index (χ1) is 31.4. The van der Waals surface area contributed by atoms with Crippen LogP contribution in [0, 0.1) is 134 Å². The second-order valence-electron chi connectivity index (χ2n) is 14.5. The smallest absolute Gasteiger partial charge is 0.206 e. The average Bonchev–Trinajstić information content (AvgIpc) is 3.68. The standard InChI is InChI=1S/C40BF27/c42-16-5-6(17(43)8-7(16)23(49)35(61)36(62)24(8)50)22(48)32(58)27(53)13(5)41(14-9-1(18(44)30(56)28(14)54)3-11(39(9,65)66)25(51)37(63)33(59)20(3)46)15-10-2(19(45)31(57)29(15)55)4-12(40(10,67)68)26(52)38(64)34(60)21(4)47. The molecule has 0 amide bonds. The molecule has 352 valence electrons. The van der Waals surface area contributed by atoms with Gasteiger partial charge in [-0.3, -0.25) is 0 Å². The number of fused-ring (bicyclic) bond motifs is 8. The van der Waals surface area contributed by atoms with Gasteiger partial charge in [-0.25, -0.2) is 101 Å². The van der Waals surface area contributed by atoms with Gasteiger partial charge in [-0.1, -0.05) is 0 Å². The number of hydrogen-bond donors (Lipinski definition) is 0. The Morgan fingerprint density at radius 2 is 0.412 bits per heavy atom. The molecule has 7 aromatic rings. The second kappa shape index (κ2) is 14.1. The third kappa shape index (κ3) is 5.16. The van der Waals surface area contributed by atoms with Crippen LogP contribution in [0.1, 0.15) is 22.3 Å². The molecule has 0 N–H and O–H groups in total. The van der Waals surface area contributed by atoms with Crippen LogP contribution < -0.4 is 16.4 Å². The Kier molecular flexibility index (Phi) is 9.64. The van der Waals surface area contributed by atoms with Crippen molar-refractivity contribution >= 4 is 44.6 Å². The minimum Gasteiger partial charge on any atom is -0.206 e. The summed E-state index contributed by atoms with van der Waals surface area (Å²) in [5.74, 6) is -90.1. The van der Waals surface area contributed by atoms with Gasteiger partial charge < -0.3 is 0 Å². The van der Waals surface area contributed by atoms with Crippen molar-refractivity contribution in [2.75, 3.05) is 0 Å². The second-order valence-corrected chi connectivity index (χ2v) is 14.5. The summed E-state index contributed by atoms with van der Waals surface area (Å²) in [6.45, 7) is -5.01. The van der Waals surface area contributed by atoms with Crippen molar-refractivity contribution in [2.24, 2.45) is 0 Å². The van der Waals surface area contributed by atoms with Crippen LogP contribution in [-0.4, -0.2) is 6.71 Å². The molecule has 0 heterocycles. The normalized spacial score (nSPS) is 14.3. The molecule has 68 heavy (non-hydrogen) atoms. The van der Waals surface area contributed by atoms with Gasteiger partial charge in [-0.15, -0.1) is 0 Å². The topological polar surface area (TPSA) is 0 Å². The third-order valence-corrected chi connectivity index (χ3v) is 11.4. The zero-order valence-electron chi connectivity index (χ0n) is 30.8. The lowest BCUT2D eigenvalue weighted by atomic mass is 9.34. The van der Waals surface area contributed by atoms with E-state index in [1.807, 2.05) is 0 Å². The van der Waals surface area contributed by atoms with Crippen molar-refractivity contribution in [1.82, 2.24) is 0 Å². The predicted molar refractivity (Wildman–Crippen MR) is 175 cm³/mol. The summed E-state index contributed by atoms with van der Waals surface area (Å²) >= 11 is 0. The summed E-state index contributed by atoms with van der Waals surface area (Å²) in [6, 6.07) is 0. The van der Waals surface area contributed by atoms with Crippen LogP contribution in [0.15, 0.2) is 0 Å². The zero-order chi connectivity index (χ0) is 50.5. The molecule has 0 bridgehead atoms. The molecular weight excluding hydrogens is 1000 g/mol. The summed E-state index contributed by atoms with van der Waals surface area (Å²) in [6.07, 6.45) is 0. The average molecular weight is 1000 g/mol. The van der Waals surface area contributed by atoms with E-state index in [0.717, 1.165) is 0 Å². The summed E-state index contributed by atoms with van der Waals surface area (Å²) in [7, 11) is 0. The van der Waals surface area contributed by atoms with Crippen LogP contribution in [-0.2, 0) is 11.8 Å². The molecule has 0 saturated heterocycles. The number of rotatable bonds is 3. The lowest BCUT2D eigenvalue weighted by molar-refractivity contribution is 0.0433. The Balaban J connectivity index is 1.64. The molecule has 2 aliphatic carbocycles. The van der Waals surface area contributed by atoms with E-state index in [1.165, 1.54) is 0 Å². The highest BCUT2D eigenvalue weighted by molar-refractivity contribution is 6.97. The Bertz CT molecular complexity index is 3470. The van der Waals surface area contributed by atoms with Crippen molar-refractivity contribution in [1.29, 1.82) is 0 Å². The third-order valence-electron chi connectivity index (χ3n) is 11.4. The maximum atomic E-state index is 16.9. The molecule has 9 rings (SSSR count). The molecule has 0 spiro atoms. The van der Waals surface area contributed by atoms with Crippen LogP contribution in [0.3, 0.4) is 0 Å². The molecule has 0 aromatic heterocycles. The Morgan fingerprint density at radius 1 is 0.191 bits per heavy atom. The molecule has 0 aliphatic heterocycles. The molecule has 0 nitrogen and oxygen atoms in total. The quantitative estimate of drug-likeness (QED) is 0.0544. The summed E-state index contributed by atoms with van der Waals surface area (Å²) in [5, 5.41) is -11.5.